The lowest BCUT2D eigenvalue weighted by atomic mass is 10.1. The maximum absolute atomic E-state index is 12.6. The van der Waals surface area contributed by atoms with E-state index in [4.69, 9.17) is 4.74 Å². The Balaban J connectivity index is 2.42. The number of pyridine rings is 1. The Kier molecular flexibility index (Phi) is 3.43. The lowest BCUT2D eigenvalue weighted by Crippen LogP contribution is -2.20. The minimum atomic E-state index is -1.18. The third-order valence-electron chi connectivity index (χ3n) is 3.88. The average molecular weight is 301 g/mol. The topological polar surface area (TPSA) is 68.5 Å². The maximum atomic E-state index is 12.6. The van der Waals surface area contributed by atoms with Crippen LogP contribution in [0.3, 0.4) is 0 Å². The summed E-state index contributed by atoms with van der Waals surface area (Å²) in [4.78, 5) is 24.0. The van der Waals surface area contributed by atoms with Gasteiger partial charge in [0.05, 0.1) is 17.0 Å². The van der Waals surface area contributed by atoms with Crippen molar-refractivity contribution in [3.05, 3.63) is 39.7 Å². The number of ether oxygens (including phenoxy) is 1. The minimum absolute atomic E-state index is 0.0205. The first-order chi connectivity index (χ1) is 10.4. The number of carbonyl (C=O) groups is 1. The molecule has 0 spiro atoms. The van der Waals surface area contributed by atoms with Gasteiger partial charge in [0.2, 0.25) is 5.43 Å². The number of carboxylic acid groups (broad SMARTS) is 1. The Morgan fingerprint density at radius 1 is 1.36 bits per heavy atom. The van der Waals surface area contributed by atoms with Crippen LogP contribution in [0.2, 0.25) is 0 Å². The largest absolute Gasteiger partial charge is 0.489 e. The summed E-state index contributed by atoms with van der Waals surface area (Å²) in [6, 6.07) is 3.92. The molecule has 0 saturated heterocycles. The fourth-order valence-corrected chi connectivity index (χ4v) is 2.75. The van der Waals surface area contributed by atoms with Crippen LogP contribution in [-0.2, 0) is 0 Å². The lowest BCUT2D eigenvalue weighted by Gasteiger charge is -2.18. The van der Waals surface area contributed by atoms with E-state index < -0.39 is 11.4 Å². The van der Waals surface area contributed by atoms with Crippen molar-refractivity contribution in [3.63, 3.8) is 0 Å². The van der Waals surface area contributed by atoms with E-state index in [0.717, 1.165) is 18.4 Å². The summed E-state index contributed by atoms with van der Waals surface area (Å²) in [6.07, 6.45) is 3.43. The van der Waals surface area contributed by atoms with Crippen molar-refractivity contribution in [1.29, 1.82) is 0 Å². The van der Waals surface area contributed by atoms with E-state index >= 15 is 0 Å². The maximum Gasteiger partial charge on any atom is 0.341 e. The summed E-state index contributed by atoms with van der Waals surface area (Å²) in [5.41, 5.74) is 0.870. The van der Waals surface area contributed by atoms with Crippen LogP contribution in [-0.4, -0.2) is 21.7 Å². The first-order valence-electron chi connectivity index (χ1n) is 7.48. The quantitative estimate of drug-likeness (QED) is 0.942. The monoisotopic (exact) mass is 301 g/mol. The standard InChI is InChI=1S/C17H19NO4/c1-9(2)22-13-7-4-10(3)14-15(13)18(11-5-6-11)8-12(16(14)19)17(20)21/h4,7-9,11H,5-6H2,1-3H3,(H,20,21). The number of aryl methyl sites for hydroxylation is 1. The second-order valence-electron chi connectivity index (χ2n) is 6.09. The van der Waals surface area contributed by atoms with Gasteiger partial charge < -0.3 is 14.4 Å². The molecule has 0 radical (unpaired) electrons. The van der Waals surface area contributed by atoms with Crippen LogP contribution < -0.4 is 10.2 Å². The van der Waals surface area contributed by atoms with Crippen LogP contribution in [0.15, 0.2) is 23.1 Å². The van der Waals surface area contributed by atoms with Gasteiger partial charge in [-0.2, -0.15) is 0 Å². The third kappa shape index (κ3) is 2.36. The second kappa shape index (κ2) is 5.16. The van der Waals surface area contributed by atoms with E-state index in [2.05, 4.69) is 0 Å². The molecule has 0 unspecified atom stereocenters. The van der Waals surface area contributed by atoms with Crippen molar-refractivity contribution in [2.75, 3.05) is 0 Å². The van der Waals surface area contributed by atoms with Gasteiger partial charge >= 0.3 is 5.97 Å². The number of carboxylic acids is 1. The van der Waals surface area contributed by atoms with Crippen LogP contribution in [0.25, 0.3) is 10.9 Å². The van der Waals surface area contributed by atoms with Crippen molar-refractivity contribution < 1.29 is 14.6 Å². The number of hydrogen-bond acceptors (Lipinski definition) is 3. The van der Waals surface area contributed by atoms with Crippen LogP contribution in [0.5, 0.6) is 5.75 Å². The Labute approximate surface area is 128 Å². The van der Waals surface area contributed by atoms with Crippen LogP contribution in [0.1, 0.15) is 48.7 Å². The Bertz CT molecular complexity index is 815. The minimum Gasteiger partial charge on any atom is -0.489 e. The van der Waals surface area contributed by atoms with Crippen molar-refractivity contribution in [2.45, 2.75) is 45.8 Å². The number of nitrogens with zero attached hydrogens (tertiary/aromatic N) is 1. The number of aromatic carboxylic acids is 1. The van der Waals surface area contributed by atoms with Gasteiger partial charge in [0.1, 0.15) is 11.3 Å². The first-order valence-corrected chi connectivity index (χ1v) is 7.48. The molecule has 0 aliphatic heterocycles. The summed E-state index contributed by atoms with van der Waals surface area (Å²) in [7, 11) is 0. The zero-order valence-electron chi connectivity index (χ0n) is 12.9. The average Bonchev–Trinajstić information content (AvgIpc) is 3.25. The Morgan fingerprint density at radius 2 is 2.05 bits per heavy atom. The molecule has 5 nitrogen and oxygen atoms in total. The van der Waals surface area contributed by atoms with Gasteiger partial charge in [0, 0.05) is 12.2 Å². The van der Waals surface area contributed by atoms with Gasteiger partial charge in [-0.3, -0.25) is 4.79 Å². The van der Waals surface area contributed by atoms with Crippen molar-refractivity contribution in [3.8, 4) is 5.75 Å². The van der Waals surface area contributed by atoms with Gasteiger partial charge in [-0.1, -0.05) is 6.07 Å². The van der Waals surface area contributed by atoms with Crippen LogP contribution in [0, 0.1) is 6.92 Å². The Hall–Kier alpha value is -2.30. The summed E-state index contributed by atoms with van der Waals surface area (Å²) in [5, 5.41) is 9.76. The van der Waals surface area contributed by atoms with Gasteiger partial charge in [-0.05, 0) is 45.2 Å². The van der Waals surface area contributed by atoms with E-state index in [1.165, 1.54) is 6.20 Å². The highest BCUT2D eigenvalue weighted by atomic mass is 16.5. The highest BCUT2D eigenvalue weighted by Crippen LogP contribution is 2.40. The molecule has 1 aromatic carbocycles. The van der Waals surface area contributed by atoms with E-state index in [9.17, 15) is 14.7 Å². The van der Waals surface area contributed by atoms with E-state index in [-0.39, 0.29) is 17.7 Å². The number of hydrogen-bond donors (Lipinski definition) is 1. The number of fused-ring (bicyclic) bond motifs is 1. The van der Waals surface area contributed by atoms with Crippen molar-refractivity contribution in [1.82, 2.24) is 4.57 Å². The molecule has 1 fully saturated rings. The summed E-state index contributed by atoms with van der Waals surface area (Å²) in [6.45, 7) is 5.68. The molecule has 1 heterocycles. The normalized spacial score (nSPS) is 14.5. The summed E-state index contributed by atoms with van der Waals surface area (Å²) in [5.74, 6) is -0.549. The van der Waals surface area contributed by atoms with Gasteiger partial charge in [0.15, 0.2) is 0 Å². The highest BCUT2D eigenvalue weighted by molar-refractivity contribution is 5.95. The molecule has 116 valence electrons. The molecule has 1 aliphatic carbocycles. The third-order valence-corrected chi connectivity index (χ3v) is 3.88. The fourth-order valence-electron chi connectivity index (χ4n) is 2.75. The number of benzene rings is 1. The van der Waals surface area contributed by atoms with Gasteiger partial charge in [-0.25, -0.2) is 4.79 Å². The molecule has 0 atom stereocenters. The van der Waals surface area contributed by atoms with Crippen molar-refractivity contribution in [2.24, 2.45) is 0 Å². The smallest absolute Gasteiger partial charge is 0.341 e. The van der Waals surface area contributed by atoms with Crippen molar-refractivity contribution >= 4 is 16.9 Å². The molecular weight excluding hydrogens is 282 g/mol. The molecule has 1 N–H and O–H groups in total. The molecule has 1 saturated carbocycles. The van der Waals surface area contributed by atoms with Gasteiger partial charge in [0.25, 0.3) is 0 Å². The SMILES string of the molecule is Cc1ccc(OC(C)C)c2c1c(=O)c(C(=O)O)cn2C1CC1. The molecule has 3 rings (SSSR count). The lowest BCUT2D eigenvalue weighted by molar-refractivity contribution is 0.0695. The molecule has 5 heteroatoms. The van der Waals surface area contributed by atoms with E-state index in [1.807, 2.05) is 37.5 Å². The highest BCUT2D eigenvalue weighted by Gasteiger charge is 2.28. The molecule has 2 aromatic rings. The number of aromatic nitrogens is 1. The molecule has 1 aromatic heterocycles. The molecule has 0 bridgehead atoms. The molecule has 0 amide bonds. The Morgan fingerprint density at radius 3 is 2.59 bits per heavy atom. The number of rotatable bonds is 4. The predicted molar refractivity (Wildman–Crippen MR) is 83.9 cm³/mol. The zero-order valence-corrected chi connectivity index (χ0v) is 12.9. The molecule has 1 aliphatic rings. The fraction of sp³-hybridized carbons (Fsp3) is 0.412. The second-order valence-corrected chi connectivity index (χ2v) is 6.09. The summed E-state index contributed by atoms with van der Waals surface area (Å²) >= 11 is 0. The molecule has 22 heavy (non-hydrogen) atoms. The molecular formula is C17H19NO4. The van der Waals surface area contributed by atoms with Crippen LogP contribution in [0.4, 0.5) is 0 Å². The van der Waals surface area contributed by atoms with Crippen LogP contribution >= 0.6 is 0 Å². The van der Waals surface area contributed by atoms with E-state index in [1.54, 1.807) is 0 Å². The van der Waals surface area contributed by atoms with E-state index in [0.29, 0.717) is 16.7 Å². The van der Waals surface area contributed by atoms with Gasteiger partial charge in [-0.15, -0.1) is 0 Å². The first kappa shape index (κ1) is 14.6. The summed E-state index contributed by atoms with van der Waals surface area (Å²) < 4.78 is 7.76. The zero-order chi connectivity index (χ0) is 16.0. The predicted octanol–water partition coefficient (Wildman–Crippen LogP) is 3.13.